The molecule has 1 aliphatic rings. The van der Waals surface area contributed by atoms with Gasteiger partial charge in [0.15, 0.2) is 0 Å². The van der Waals surface area contributed by atoms with Gasteiger partial charge in [-0.05, 0) is 74.0 Å². The third-order valence-electron chi connectivity index (χ3n) is 6.77. The van der Waals surface area contributed by atoms with Crippen molar-refractivity contribution in [3.05, 3.63) is 77.5 Å². The lowest BCUT2D eigenvalue weighted by Crippen LogP contribution is -2.43. The van der Waals surface area contributed by atoms with E-state index >= 15 is 0 Å². The Morgan fingerprint density at radius 2 is 1.84 bits per heavy atom. The first-order valence-electron chi connectivity index (χ1n) is 12.8. The number of hydrogen-bond donors (Lipinski definition) is 2. The summed E-state index contributed by atoms with van der Waals surface area (Å²) in [4.78, 5) is 33.0. The second-order valence-electron chi connectivity index (χ2n) is 10.0. The molecule has 0 radical (unpaired) electrons. The van der Waals surface area contributed by atoms with E-state index in [9.17, 15) is 9.59 Å². The number of pyridine rings is 1. The quantitative estimate of drug-likeness (QED) is 0.472. The molecule has 2 heterocycles. The first kappa shape index (κ1) is 26.8. The van der Waals surface area contributed by atoms with Gasteiger partial charge in [-0.2, -0.15) is 5.26 Å². The van der Waals surface area contributed by atoms with Gasteiger partial charge in [-0.1, -0.05) is 30.3 Å². The van der Waals surface area contributed by atoms with Crippen LogP contribution in [0.2, 0.25) is 0 Å². The van der Waals surface area contributed by atoms with E-state index in [2.05, 4.69) is 34.7 Å². The van der Waals surface area contributed by atoms with Crippen molar-refractivity contribution in [3.8, 4) is 17.2 Å². The Hall–Kier alpha value is -4.22. The largest absolute Gasteiger partial charge is 0.363 e. The van der Waals surface area contributed by atoms with Crippen LogP contribution in [-0.4, -0.2) is 54.9 Å². The Labute approximate surface area is 224 Å². The molecule has 1 aliphatic heterocycles. The highest BCUT2D eigenvalue weighted by Crippen LogP contribution is 2.41. The minimum absolute atomic E-state index is 0.00894. The monoisotopic (exact) mass is 510 g/mol. The Kier molecular flexibility index (Phi) is 8.39. The predicted molar refractivity (Wildman–Crippen MR) is 150 cm³/mol. The van der Waals surface area contributed by atoms with Gasteiger partial charge in [-0.3, -0.25) is 9.59 Å². The summed E-state index contributed by atoms with van der Waals surface area (Å²) in [5.41, 5.74) is 5.43. The molecule has 0 bridgehead atoms. The average Bonchev–Trinajstić information content (AvgIpc) is 2.89. The number of amides is 2. The minimum Gasteiger partial charge on any atom is -0.363 e. The molecule has 8 heteroatoms. The zero-order valence-corrected chi connectivity index (χ0v) is 22.4. The summed E-state index contributed by atoms with van der Waals surface area (Å²) in [6, 6.07) is 19.8. The van der Waals surface area contributed by atoms with Crippen molar-refractivity contribution in [1.29, 1.82) is 5.26 Å². The Balaban J connectivity index is 1.57. The van der Waals surface area contributed by atoms with Crippen LogP contribution in [0, 0.1) is 11.3 Å². The van der Waals surface area contributed by atoms with E-state index in [1.807, 2.05) is 60.3 Å². The third-order valence-corrected chi connectivity index (χ3v) is 6.77. The maximum Gasteiger partial charge on any atom is 0.224 e. The summed E-state index contributed by atoms with van der Waals surface area (Å²) in [7, 11) is 3.96. The van der Waals surface area contributed by atoms with Crippen LogP contribution in [0.25, 0.3) is 11.1 Å². The van der Waals surface area contributed by atoms with Gasteiger partial charge in [0.2, 0.25) is 11.8 Å². The van der Waals surface area contributed by atoms with E-state index in [-0.39, 0.29) is 23.9 Å². The summed E-state index contributed by atoms with van der Waals surface area (Å²) in [6.45, 7) is 5.08. The summed E-state index contributed by atoms with van der Waals surface area (Å²) >= 11 is 0. The molecule has 8 nitrogen and oxygen atoms in total. The number of aromatic nitrogens is 1. The molecule has 38 heavy (non-hydrogen) atoms. The fourth-order valence-electron chi connectivity index (χ4n) is 4.87. The van der Waals surface area contributed by atoms with Crippen molar-refractivity contribution in [2.45, 2.75) is 38.8 Å². The molecule has 196 valence electrons. The molecule has 4 rings (SSSR count). The standard InChI is InChI=1S/C30H34N6O2/c1-20-15-27(34-29-12-7-23(18-31)19-33-29)26-17-25(10-11-28(26)36(20)21(2)37)24-8-5-22(6-9-24)16-30(38)32-13-14-35(3)4/h5-12,17,19-20,27H,13-16H2,1-4H3,(H,32,38)(H,33,34)/t20-,27+/m0/s1. The number of carbonyl (C=O) groups is 2. The van der Waals surface area contributed by atoms with E-state index in [1.54, 1.807) is 25.3 Å². The number of nitrogens with zero attached hydrogens (tertiary/aromatic N) is 4. The summed E-state index contributed by atoms with van der Waals surface area (Å²) in [6.07, 6.45) is 2.62. The third kappa shape index (κ3) is 6.36. The van der Waals surface area contributed by atoms with Crippen LogP contribution < -0.4 is 15.5 Å². The summed E-state index contributed by atoms with van der Waals surface area (Å²) in [5.74, 6) is 0.703. The zero-order chi connectivity index (χ0) is 27.2. The van der Waals surface area contributed by atoms with Gasteiger partial charge in [-0.25, -0.2) is 4.98 Å². The lowest BCUT2D eigenvalue weighted by atomic mass is 9.89. The molecule has 0 fully saturated rings. The SMILES string of the molecule is CC(=O)N1c2ccc(-c3ccc(CC(=O)NCCN(C)C)cc3)cc2[C@H](Nc2ccc(C#N)cn2)C[C@@H]1C. The van der Waals surface area contributed by atoms with Crippen molar-refractivity contribution < 1.29 is 9.59 Å². The molecule has 1 aromatic heterocycles. The van der Waals surface area contributed by atoms with Crippen molar-refractivity contribution in [2.75, 3.05) is 37.4 Å². The predicted octanol–water partition coefficient (Wildman–Crippen LogP) is 4.14. The fourth-order valence-corrected chi connectivity index (χ4v) is 4.87. The van der Waals surface area contributed by atoms with Crippen LogP contribution in [0.4, 0.5) is 11.5 Å². The molecule has 3 aromatic rings. The van der Waals surface area contributed by atoms with Crippen LogP contribution in [0.15, 0.2) is 60.8 Å². The topological polar surface area (TPSA) is 101 Å². The number of anilines is 2. The molecule has 2 atom stereocenters. The molecule has 0 unspecified atom stereocenters. The molecule has 0 aliphatic carbocycles. The molecule has 0 saturated carbocycles. The second-order valence-corrected chi connectivity index (χ2v) is 10.0. The van der Waals surface area contributed by atoms with Gasteiger partial charge >= 0.3 is 0 Å². The van der Waals surface area contributed by atoms with Crippen molar-refractivity contribution >= 4 is 23.3 Å². The van der Waals surface area contributed by atoms with Gasteiger partial charge in [0, 0.05) is 37.9 Å². The van der Waals surface area contributed by atoms with Crippen LogP contribution in [0.1, 0.15) is 43.0 Å². The van der Waals surface area contributed by atoms with Crippen molar-refractivity contribution in [2.24, 2.45) is 0 Å². The maximum absolute atomic E-state index is 12.5. The Morgan fingerprint density at radius 3 is 2.47 bits per heavy atom. The molecule has 2 N–H and O–H groups in total. The molecule has 2 aromatic carbocycles. The lowest BCUT2D eigenvalue weighted by Gasteiger charge is -2.39. The normalized spacial score (nSPS) is 16.5. The fraction of sp³-hybridized carbons (Fsp3) is 0.333. The molecule has 0 saturated heterocycles. The van der Waals surface area contributed by atoms with E-state index in [0.29, 0.717) is 24.3 Å². The van der Waals surface area contributed by atoms with E-state index in [0.717, 1.165) is 40.9 Å². The zero-order valence-electron chi connectivity index (χ0n) is 22.4. The number of rotatable bonds is 8. The number of benzene rings is 2. The minimum atomic E-state index is -0.0545. The molecular weight excluding hydrogens is 476 g/mol. The number of likely N-dealkylation sites (N-methyl/N-ethyl adjacent to an activating group) is 1. The number of nitrogens with one attached hydrogen (secondary N) is 2. The van der Waals surface area contributed by atoms with Crippen LogP contribution in [0.5, 0.6) is 0 Å². The van der Waals surface area contributed by atoms with E-state index in [4.69, 9.17) is 5.26 Å². The highest BCUT2D eigenvalue weighted by Gasteiger charge is 2.32. The van der Waals surface area contributed by atoms with Crippen LogP contribution in [-0.2, 0) is 16.0 Å². The number of hydrogen-bond acceptors (Lipinski definition) is 6. The number of fused-ring (bicyclic) bond motifs is 1. The van der Waals surface area contributed by atoms with E-state index in [1.165, 1.54) is 0 Å². The van der Waals surface area contributed by atoms with Crippen molar-refractivity contribution in [3.63, 3.8) is 0 Å². The van der Waals surface area contributed by atoms with Crippen LogP contribution in [0.3, 0.4) is 0 Å². The van der Waals surface area contributed by atoms with Gasteiger partial charge in [0.25, 0.3) is 0 Å². The van der Waals surface area contributed by atoms with Gasteiger partial charge in [0.1, 0.15) is 11.9 Å². The summed E-state index contributed by atoms with van der Waals surface area (Å²) < 4.78 is 0. The molecular formula is C30H34N6O2. The number of nitriles is 1. The second kappa shape index (κ2) is 11.9. The maximum atomic E-state index is 12.5. The first-order valence-corrected chi connectivity index (χ1v) is 12.8. The lowest BCUT2D eigenvalue weighted by molar-refractivity contribution is -0.120. The smallest absolute Gasteiger partial charge is 0.224 e. The Bertz CT molecular complexity index is 1330. The number of carbonyl (C=O) groups excluding carboxylic acids is 2. The van der Waals surface area contributed by atoms with Gasteiger partial charge < -0.3 is 20.4 Å². The van der Waals surface area contributed by atoms with Gasteiger partial charge in [0.05, 0.1) is 18.0 Å². The highest BCUT2D eigenvalue weighted by atomic mass is 16.2. The molecule has 2 amide bonds. The average molecular weight is 511 g/mol. The van der Waals surface area contributed by atoms with Gasteiger partial charge in [-0.15, -0.1) is 0 Å². The first-order chi connectivity index (χ1) is 18.2. The highest BCUT2D eigenvalue weighted by molar-refractivity contribution is 5.94. The van der Waals surface area contributed by atoms with Crippen molar-refractivity contribution in [1.82, 2.24) is 15.2 Å². The van der Waals surface area contributed by atoms with E-state index < -0.39 is 0 Å². The Morgan fingerprint density at radius 1 is 1.11 bits per heavy atom. The van der Waals surface area contributed by atoms with Crippen LogP contribution >= 0.6 is 0 Å². The summed E-state index contributed by atoms with van der Waals surface area (Å²) in [5, 5.41) is 15.5. The molecule has 0 spiro atoms.